The normalized spacial score (nSPS) is 9.09. The molecule has 0 bridgehead atoms. The summed E-state index contributed by atoms with van der Waals surface area (Å²) in [5.41, 5.74) is 6.97. The maximum atomic E-state index is 8.37. The first-order valence-corrected chi connectivity index (χ1v) is 3.80. The molecule has 0 aliphatic rings. The van der Waals surface area contributed by atoms with E-state index < -0.39 is 0 Å². The van der Waals surface area contributed by atoms with Gasteiger partial charge >= 0.3 is 0 Å². The minimum absolute atomic E-state index is 0.312. The van der Waals surface area contributed by atoms with Crippen molar-refractivity contribution >= 4 is 21.6 Å². The molecule has 0 unspecified atom stereocenters. The average Bonchev–Trinajstić information content (AvgIpc) is 1.95. The third kappa shape index (κ3) is 1.92. The molecule has 1 aromatic heterocycles. The molecule has 0 amide bonds. The summed E-state index contributed by atoms with van der Waals surface area (Å²) < 4.78 is 0.691. The highest BCUT2D eigenvalue weighted by Gasteiger charge is 1.98. The summed E-state index contributed by atoms with van der Waals surface area (Å²) in [4.78, 5) is 3.94. The van der Waals surface area contributed by atoms with E-state index in [1.807, 2.05) is 6.07 Å². The summed E-state index contributed by atoms with van der Waals surface area (Å²) >= 11 is 3.17. The summed E-state index contributed by atoms with van der Waals surface area (Å²) in [7, 11) is 0. The van der Waals surface area contributed by atoms with Gasteiger partial charge in [-0.1, -0.05) is 0 Å². The predicted octanol–water partition coefficient (Wildman–Crippen LogP) is 1.49. The van der Waals surface area contributed by atoms with Crippen LogP contribution in [0.2, 0.25) is 0 Å². The van der Waals surface area contributed by atoms with Crippen molar-refractivity contribution < 1.29 is 0 Å². The zero-order valence-electron chi connectivity index (χ0n) is 5.71. The highest BCUT2D eigenvalue weighted by Crippen LogP contribution is 2.15. The lowest BCUT2D eigenvalue weighted by atomic mass is 10.2. The van der Waals surface area contributed by atoms with Crippen molar-refractivity contribution in [2.45, 2.75) is 6.42 Å². The summed E-state index contributed by atoms with van der Waals surface area (Å²) in [5.74, 6) is 0. The van der Waals surface area contributed by atoms with Gasteiger partial charge in [0.15, 0.2) is 0 Å². The lowest BCUT2D eigenvalue weighted by Crippen LogP contribution is -1.94. The minimum Gasteiger partial charge on any atom is -0.398 e. The van der Waals surface area contributed by atoms with Gasteiger partial charge in [0, 0.05) is 17.4 Å². The van der Waals surface area contributed by atoms with Crippen LogP contribution in [0.5, 0.6) is 0 Å². The Balaban J connectivity index is 3.01. The van der Waals surface area contributed by atoms with E-state index >= 15 is 0 Å². The quantitative estimate of drug-likeness (QED) is 0.717. The van der Waals surface area contributed by atoms with Crippen LogP contribution in [0, 0.1) is 11.3 Å². The molecule has 0 aromatic carbocycles. The third-order valence-corrected chi connectivity index (χ3v) is 1.69. The molecule has 1 aromatic rings. The van der Waals surface area contributed by atoms with E-state index in [1.54, 1.807) is 12.3 Å². The fourth-order valence-electron chi connectivity index (χ4n) is 0.705. The molecule has 1 rings (SSSR count). The Bertz CT molecular complexity index is 303. The second kappa shape index (κ2) is 3.35. The number of aromatic nitrogens is 1. The van der Waals surface area contributed by atoms with Crippen molar-refractivity contribution in [1.82, 2.24) is 4.98 Å². The van der Waals surface area contributed by atoms with Crippen LogP contribution in [0.25, 0.3) is 0 Å². The lowest BCUT2D eigenvalue weighted by Gasteiger charge is -1.99. The molecule has 0 fully saturated rings. The van der Waals surface area contributed by atoms with Gasteiger partial charge in [0.05, 0.1) is 12.5 Å². The molecule has 0 saturated heterocycles. The van der Waals surface area contributed by atoms with Crippen LogP contribution >= 0.6 is 15.9 Å². The summed E-state index contributed by atoms with van der Waals surface area (Å²) in [5, 5.41) is 8.37. The molecule has 0 aliphatic heterocycles. The SMILES string of the molecule is N#CCc1cnc(Br)cc1N. The van der Waals surface area contributed by atoms with Gasteiger partial charge in [-0.15, -0.1) is 0 Å². The van der Waals surface area contributed by atoms with Crippen LogP contribution < -0.4 is 5.73 Å². The van der Waals surface area contributed by atoms with Crippen LogP contribution in [0.4, 0.5) is 5.69 Å². The second-order valence-corrected chi connectivity index (χ2v) is 2.85. The van der Waals surface area contributed by atoms with E-state index in [2.05, 4.69) is 20.9 Å². The maximum Gasteiger partial charge on any atom is 0.108 e. The number of nitrogens with zero attached hydrogens (tertiary/aromatic N) is 2. The highest BCUT2D eigenvalue weighted by molar-refractivity contribution is 9.10. The van der Waals surface area contributed by atoms with E-state index in [0.29, 0.717) is 16.7 Å². The molecule has 0 aliphatic carbocycles. The molecule has 4 heteroatoms. The summed E-state index contributed by atoms with van der Waals surface area (Å²) in [6.45, 7) is 0. The van der Waals surface area contributed by atoms with Gasteiger partial charge in [-0.05, 0) is 22.0 Å². The number of hydrogen-bond donors (Lipinski definition) is 1. The molecule has 0 spiro atoms. The molecular weight excluding hydrogens is 206 g/mol. The van der Waals surface area contributed by atoms with Gasteiger partial charge in [-0.2, -0.15) is 5.26 Å². The number of nitrogen functional groups attached to an aromatic ring is 1. The van der Waals surface area contributed by atoms with Gasteiger partial charge in [-0.25, -0.2) is 4.98 Å². The highest BCUT2D eigenvalue weighted by atomic mass is 79.9. The number of anilines is 1. The van der Waals surface area contributed by atoms with Crippen molar-refractivity contribution in [1.29, 1.82) is 5.26 Å². The number of hydrogen-bond acceptors (Lipinski definition) is 3. The predicted molar refractivity (Wildman–Crippen MR) is 45.7 cm³/mol. The third-order valence-electron chi connectivity index (χ3n) is 1.26. The zero-order chi connectivity index (χ0) is 8.27. The van der Waals surface area contributed by atoms with Crippen molar-refractivity contribution in [3.63, 3.8) is 0 Å². The molecule has 3 nitrogen and oxygen atoms in total. The fourth-order valence-corrected chi connectivity index (χ4v) is 1.05. The number of rotatable bonds is 1. The van der Waals surface area contributed by atoms with Crippen molar-refractivity contribution in [3.8, 4) is 6.07 Å². The molecule has 0 radical (unpaired) electrons. The standard InChI is InChI=1S/C7H6BrN3/c8-7-3-6(10)5(1-2-9)4-11-7/h3-4H,1H2,(H2,10,11). The largest absolute Gasteiger partial charge is 0.398 e. The maximum absolute atomic E-state index is 8.37. The Morgan fingerprint density at radius 3 is 3.00 bits per heavy atom. The first-order chi connectivity index (χ1) is 5.24. The van der Waals surface area contributed by atoms with Crippen molar-refractivity contribution in [3.05, 3.63) is 22.4 Å². The molecule has 0 saturated carbocycles. The smallest absolute Gasteiger partial charge is 0.108 e. The number of nitrogens with two attached hydrogens (primary N) is 1. The van der Waals surface area contributed by atoms with E-state index in [9.17, 15) is 0 Å². The molecule has 2 N–H and O–H groups in total. The van der Waals surface area contributed by atoms with E-state index in [0.717, 1.165) is 5.56 Å². The minimum atomic E-state index is 0.312. The summed E-state index contributed by atoms with van der Waals surface area (Å²) in [6, 6.07) is 3.70. The average molecular weight is 212 g/mol. The Morgan fingerprint density at radius 1 is 1.73 bits per heavy atom. The number of pyridine rings is 1. The molecule has 56 valence electrons. The molecular formula is C7H6BrN3. The van der Waals surface area contributed by atoms with Crippen molar-refractivity contribution in [2.24, 2.45) is 0 Å². The van der Waals surface area contributed by atoms with Crippen LogP contribution in [0.3, 0.4) is 0 Å². The van der Waals surface area contributed by atoms with E-state index in [4.69, 9.17) is 11.0 Å². The Hall–Kier alpha value is -1.08. The fraction of sp³-hybridized carbons (Fsp3) is 0.143. The lowest BCUT2D eigenvalue weighted by molar-refractivity contribution is 1.17. The number of nitriles is 1. The zero-order valence-corrected chi connectivity index (χ0v) is 7.30. The van der Waals surface area contributed by atoms with Gasteiger partial charge in [0.2, 0.25) is 0 Å². The Labute approximate surface area is 73.0 Å². The van der Waals surface area contributed by atoms with Crippen molar-refractivity contribution in [2.75, 3.05) is 5.73 Å². The Morgan fingerprint density at radius 2 is 2.45 bits per heavy atom. The summed E-state index contributed by atoms with van der Waals surface area (Å²) in [6.07, 6.45) is 1.91. The molecule has 11 heavy (non-hydrogen) atoms. The van der Waals surface area contributed by atoms with Crippen LogP contribution in [-0.4, -0.2) is 4.98 Å². The van der Waals surface area contributed by atoms with E-state index in [1.165, 1.54) is 0 Å². The number of halogens is 1. The first-order valence-electron chi connectivity index (χ1n) is 3.01. The van der Waals surface area contributed by atoms with Gasteiger partial charge < -0.3 is 5.73 Å². The van der Waals surface area contributed by atoms with Gasteiger partial charge in [0.25, 0.3) is 0 Å². The van der Waals surface area contributed by atoms with E-state index in [-0.39, 0.29) is 0 Å². The van der Waals surface area contributed by atoms with Gasteiger partial charge in [0.1, 0.15) is 4.60 Å². The second-order valence-electron chi connectivity index (χ2n) is 2.04. The van der Waals surface area contributed by atoms with Gasteiger partial charge in [-0.3, -0.25) is 0 Å². The van der Waals surface area contributed by atoms with Crippen LogP contribution in [0.15, 0.2) is 16.9 Å². The molecule has 0 atom stereocenters. The Kier molecular flexibility index (Phi) is 2.44. The topological polar surface area (TPSA) is 62.7 Å². The first kappa shape index (κ1) is 8.02. The molecule has 1 heterocycles. The van der Waals surface area contributed by atoms with Crippen LogP contribution in [0.1, 0.15) is 5.56 Å². The van der Waals surface area contributed by atoms with Crippen LogP contribution in [-0.2, 0) is 6.42 Å². The monoisotopic (exact) mass is 211 g/mol.